The first-order valence-electron chi connectivity index (χ1n) is 11.2. The number of carbonyl (C=O) groups excluding carboxylic acids is 2. The van der Waals surface area contributed by atoms with Gasteiger partial charge >= 0.3 is 0 Å². The van der Waals surface area contributed by atoms with Crippen LogP contribution in [0.1, 0.15) is 76.4 Å². The van der Waals surface area contributed by atoms with Gasteiger partial charge in [-0.25, -0.2) is 4.68 Å². The monoisotopic (exact) mass is 443 g/mol. The SMILES string of the molecule is CC(C)(C)[C@@H](C(=O)N1CC(O)CC1C(=O)NC1(c2ncon2)CC1)n1cc(C2CC2)nn1. The summed E-state index contributed by atoms with van der Waals surface area (Å²) in [6.07, 6.45) is 6.09. The zero-order valence-corrected chi connectivity index (χ0v) is 18.6. The van der Waals surface area contributed by atoms with Crippen molar-refractivity contribution in [3.05, 3.63) is 24.1 Å². The highest BCUT2D eigenvalue weighted by molar-refractivity contribution is 5.90. The molecule has 2 N–H and O–H groups in total. The lowest BCUT2D eigenvalue weighted by Gasteiger charge is -2.34. The van der Waals surface area contributed by atoms with Gasteiger partial charge in [0.15, 0.2) is 5.82 Å². The van der Waals surface area contributed by atoms with E-state index < -0.39 is 29.1 Å². The molecule has 32 heavy (non-hydrogen) atoms. The quantitative estimate of drug-likeness (QED) is 0.671. The molecule has 1 aliphatic heterocycles. The Labute approximate surface area is 185 Å². The van der Waals surface area contributed by atoms with E-state index in [1.807, 2.05) is 27.0 Å². The second kappa shape index (κ2) is 7.36. The van der Waals surface area contributed by atoms with Crippen LogP contribution in [0.25, 0.3) is 0 Å². The van der Waals surface area contributed by atoms with Crippen LogP contribution in [0.2, 0.25) is 0 Å². The summed E-state index contributed by atoms with van der Waals surface area (Å²) in [7, 11) is 0. The molecule has 0 spiro atoms. The molecule has 0 bridgehead atoms. The smallest absolute Gasteiger partial charge is 0.248 e. The van der Waals surface area contributed by atoms with Crippen molar-refractivity contribution in [1.82, 2.24) is 35.4 Å². The maximum Gasteiger partial charge on any atom is 0.248 e. The van der Waals surface area contributed by atoms with Gasteiger partial charge in [0.1, 0.15) is 17.6 Å². The van der Waals surface area contributed by atoms with Gasteiger partial charge in [-0.3, -0.25) is 9.59 Å². The molecule has 11 nitrogen and oxygen atoms in total. The Kier molecular flexibility index (Phi) is 4.84. The number of nitrogens with zero attached hydrogens (tertiary/aromatic N) is 6. The molecule has 1 saturated heterocycles. The normalized spacial score (nSPS) is 25.6. The van der Waals surface area contributed by atoms with Crippen molar-refractivity contribution in [3.63, 3.8) is 0 Å². The molecule has 2 saturated carbocycles. The first kappa shape index (κ1) is 21.0. The first-order chi connectivity index (χ1) is 15.2. The second-order valence-corrected chi connectivity index (χ2v) is 10.4. The van der Waals surface area contributed by atoms with Gasteiger partial charge in [-0.05, 0) is 31.1 Å². The van der Waals surface area contributed by atoms with Crippen LogP contribution in [-0.2, 0) is 15.1 Å². The van der Waals surface area contributed by atoms with Crippen molar-refractivity contribution in [1.29, 1.82) is 0 Å². The summed E-state index contributed by atoms with van der Waals surface area (Å²) < 4.78 is 6.46. The summed E-state index contributed by atoms with van der Waals surface area (Å²) in [6, 6.07) is -1.42. The lowest BCUT2D eigenvalue weighted by molar-refractivity contribution is -0.144. The molecule has 0 radical (unpaired) electrons. The number of hydrogen-bond acceptors (Lipinski definition) is 8. The largest absolute Gasteiger partial charge is 0.391 e. The lowest BCUT2D eigenvalue weighted by Crippen LogP contribution is -2.52. The molecule has 3 heterocycles. The number of β-amino-alcohol motifs (C(OH)–C–C–N with tert-alkyl or cyclic N) is 1. The highest BCUT2D eigenvalue weighted by atomic mass is 16.5. The van der Waals surface area contributed by atoms with E-state index in [4.69, 9.17) is 4.52 Å². The Hall–Kier alpha value is -2.82. The van der Waals surface area contributed by atoms with Crippen molar-refractivity contribution in [2.75, 3.05) is 6.54 Å². The number of nitrogens with one attached hydrogen (secondary N) is 1. The Morgan fingerprint density at radius 1 is 1.31 bits per heavy atom. The van der Waals surface area contributed by atoms with E-state index in [2.05, 4.69) is 25.8 Å². The van der Waals surface area contributed by atoms with Gasteiger partial charge in [-0.2, -0.15) is 4.98 Å². The average Bonchev–Trinajstić information content (AvgIpc) is 3.53. The molecule has 3 aliphatic rings. The van der Waals surface area contributed by atoms with Gasteiger partial charge in [0.25, 0.3) is 0 Å². The summed E-state index contributed by atoms with van der Waals surface area (Å²) in [5.74, 6) is 0.296. The molecule has 2 amide bonds. The molecule has 2 aliphatic carbocycles. The Morgan fingerprint density at radius 3 is 2.66 bits per heavy atom. The van der Waals surface area contributed by atoms with Crippen molar-refractivity contribution in [2.24, 2.45) is 5.41 Å². The van der Waals surface area contributed by atoms with Crippen LogP contribution >= 0.6 is 0 Å². The average molecular weight is 444 g/mol. The summed E-state index contributed by atoms with van der Waals surface area (Å²) in [5.41, 5.74) is -0.220. The molecular weight excluding hydrogens is 414 g/mol. The summed E-state index contributed by atoms with van der Waals surface area (Å²) in [5, 5.41) is 25.8. The highest BCUT2D eigenvalue weighted by Gasteiger charge is 2.52. The minimum Gasteiger partial charge on any atom is -0.391 e. The minimum atomic E-state index is -0.779. The van der Waals surface area contributed by atoms with Crippen molar-refractivity contribution in [3.8, 4) is 0 Å². The molecule has 2 unspecified atom stereocenters. The van der Waals surface area contributed by atoms with E-state index in [0.717, 1.165) is 18.5 Å². The number of likely N-dealkylation sites (tertiary alicyclic amines) is 1. The van der Waals surface area contributed by atoms with Crippen molar-refractivity contribution < 1.29 is 19.2 Å². The Balaban J connectivity index is 1.38. The van der Waals surface area contributed by atoms with Crippen LogP contribution in [0.5, 0.6) is 0 Å². The maximum absolute atomic E-state index is 13.8. The van der Waals surface area contributed by atoms with E-state index in [1.54, 1.807) is 4.68 Å². The van der Waals surface area contributed by atoms with E-state index in [9.17, 15) is 14.7 Å². The predicted molar refractivity (Wildman–Crippen MR) is 110 cm³/mol. The first-order valence-corrected chi connectivity index (χ1v) is 11.2. The molecule has 0 aromatic carbocycles. The van der Waals surface area contributed by atoms with Gasteiger partial charge in [-0.15, -0.1) is 5.10 Å². The van der Waals surface area contributed by atoms with Gasteiger partial charge in [0.2, 0.25) is 18.2 Å². The fraction of sp³-hybridized carbons (Fsp3) is 0.714. The Bertz CT molecular complexity index is 1000. The lowest BCUT2D eigenvalue weighted by atomic mass is 9.85. The summed E-state index contributed by atoms with van der Waals surface area (Å²) >= 11 is 0. The van der Waals surface area contributed by atoms with Crippen LogP contribution in [0.4, 0.5) is 0 Å². The highest BCUT2D eigenvalue weighted by Crippen LogP contribution is 2.44. The molecule has 3 atom stereocenters. The van der Waals surface area contributed by atoms with Crippen molar-refractivity contribution >= 4 is 11.8 Å². The number of hydrogen-bond donors (Lipinski definition) is 2. The molecular formula is C21H29N7O4. The fourth-order valence-corrected chi connectivity index (χ4v) is 4.56. The van der Waals surface area contributed by atoms with Crippen LogP contribution in [-0.4, -0.2) is 65.6 Å². The molecule has 2 aromatic rings. The third kappa shape index (κ3) is 3.78. The van der Waals surface area contributed by atoms with E-state index in [0.29, 0.717) is 24.6 Å². The predicted octanol–water partition coefficient (Wildman–Crippen LogP) is 0.893. The summed E-state index contributed by atoms with van der Waals surface area (Å²) in [6.45, 7) is 5.99. The minimum absolute atomic E-state index is 0.100. The number of rotatable bonds is 6. The van der Waals surface area contributed by atoms with Crippen LogP contribution in [0, 0.1) is 5.41 Å². The van der Waals surface area contributed by atoms with E-state index >= 15 is 0 Å². The molecule has 11 heteroatoms. The summed E-state index contributed by atoms with van der Waals surface area (Å²) in [4.78, 5) is 32.6. The zero-order chi connectivity index (χ0) is 22.7. The molecule has 3 fully saturated rings. The van der Waals surface area contributed by atoms with Crippen LogP contribution in [0.3, 0.4) is 0 Å². The standard InChI is InChI=1S/C21H29N7O4/c1-20(2,3)16(28-10-14(24-26-28)12-4-5-12)18(31)27-9-13(29)8-15(27)17(30)23-21(6-7-21)19-22-11-32-25-19/h10-13,15-16,29H,4-9H2,1-3H3,(H,23,30)/t13?,15?,16-/m1/s1. The van der Waals surface area contributed by atoms with Gasteiger partial charge in [0.05, 0.1) is 11.8 Å². The number of carbonyl (C=O) groups is 2. The molecule has 5 rings (SSSR count). The van der Waals surface area contributed by atoms with Crippen LogP contribution < -0.4 is 5.32 Å². The third-order valence-electron chi connectivity index (χ3n) is 6.61. The third-order valence-corrected chi connectivity index (χ3v) is 6.61. The zero-order valence-electron chi connectivity index (χ0n) is 18.6. The second-order valence-electron chi connectivity index (χ2n) is 10.4. The van der Waals surface area contributed by atoms with Gasteiger partial charge in [-0.1, -0.05) is 31.1 Å². The van der Waals surface area contributed by atoms with Gasteiger partial charge in [0, 0.05) is 25.1 Å². The maximum atomic E-state index is 13.8. The van der Waals surface area contributed by atoms with E-state index in [-0.39, 0.29) is 24.8 Å². The number of amides is 2. The molecule has 2 aromatic heterocycles. The topological polar surface area (TPSA) is 139 Å². The number of aliphatic hydroxyl groups is 1. The van der Waals surface area contributed by atoms with Crippen LogP contribution in [0.15, 0.2) is 17.1 Å². The van der Waals surface area contributed by atoms with Gasteiger partial charge < -0.3 is 19.8 Å². The number of aliphatic hydroxyl groups excluding tert-OH is 1. The Morgan fingerprint density at radius 2 is 2.06 bits per heavy atom. The fourth-order valence-electron chi connectivity index (χ4n) is 4.56. The molecule has 172 valence electrons. The number of aromatic nitrogens is 5. The van der Waals surface area contributed by atoms with Crippen molar-refractivity contribution in [2.45, 2.75) is 82.5 Å². The van der Waals surface area contributed by atoms with E-state index in [1.165, 1.54) is 11.3 Å².